The topological polar surface area (TPSA) is 64.3 Å². The lowest BCUT2D eigenvalue weighted by Gasteiger charge is -2.08. The minimum atomic E-state index is -0.465. The maximum atomic E-state index is 11.2. The lowest BCUT2D eigenvalue weighted by Crippen LogP contribution is -2.37. The highest BCUT2D eigenvalue weighted by Crippen LogP contribution is 2.05. The molecule has 0 saturated carbocycles. The third-order valence-corrected chi connectivity index (χ3v) is 2.21. The van der Waals surface area contributed by atoms with Gasteiger partial charge in [-0.1, -0.05) is 24.3 Å². The zero-order valence-electron chi connectivity index (χ0n) is 9.69. The van der Waals surface area contributed by atoms with E-state index in [-0.39, 0.29) is 5.91 Å². The van der Waals surface area contributed by atoms with Crippen LogP contribution in [-0.4, -0.2) is 19.1 Å². The number of amides is 1. The first-order valence-corrected chi connectivity index (χ1v) is 5.23. The number of carbonyl (C=O) groups excluding carboxylic acids is 1. The molecule has 0 aliphatic rings. The minimum absolute atomic E-state index is 0.138. The second-order valence-corrected chi connectivity index (χ2v) is 3.76. The summed E-state index contributed by atoms with van der Waals surface area (Å²) in [4.78, 5) is 11.2. The van der Waals surface area contributed by atoms with E-state index in [4.69, 9.17) is 10.5 Å². The van der Waals surface area contributed by atoms with E-state index < -0.39 is 6.04 Å². The van der Waals surface area contributed by atoms with Gasteiger partial charge in [-0.15, -0.1) is 0 Å². The molecule has 0 spiro atoms. The Labute approximate surface area is 95.8 Å². The molecule has 4 nitrogen and oxygen atoms in total. The van der Waals surface area contributed by atoms with E-state index in [1.165, 1.54) is 0 Å². The number of hydrogen-bond acceptors (Lipinski definition) is 3. The quantitative estimate of drug-likeness (QED) is 0.774. The van der Waals surface area contributed by atoms with Crippen molar-refractivity contribution >= 4 is 5.91 Å². The van der Waals surface area contributed by atoms with Crippen molar-refractivity contribution in [3.63, 3.8) is 0 Å². The summed E-state index contributed by atoms with van der Waals surface area (Å²) in [6.07, 6.45) is 0. The largest absolute Gasteiger partial charge is 0.380 e. The van der Waals surface area contributed by atoms with E-state index in [0.29, 0.717) is 13.2 Å². The molecule has 1 rings (SSSR count). The summed E-state index contributed by atoms with van der Waals surface area (Å²) >= 11 is 0. The molecule has 0 aliphatic carbocycles. The number of ether oxygens (including phenoxy) is 1. The molecule has 88 valence electrons. The molecule has 0 saturated heterocycles. The average molecular weight is 222 g/mol. The Hall–Kier alpha value is -1.39. The molecule has 0 fully saturated rings. The van der Waals surface area contributed by atoms with Crippen LogP contribution in [-0.2, 0) is 22.7 Å². The number of hydrogen-bond donors (Lipinski definition) is 2. The lowest BCUT2D eigenvalue weighted by atomic mass is 10.1. The molecular formula is C12H18N2O2. The second kappa shape index (κ2) is 6.25. The summed E-state index contributed by atoms with van der Waals surface area (Å²) in [5.41, 5.74) is 7.60. The minimum Gasteiger partial charge on any atom is -0.380 e. The predicted octanol–water partition coefficient (Wildman–Crippen LogP) is 0.796. The van der Waals surface area contributed by atoms with Gasteiger partial charge in [-0.25, -0.2) is 0 Å². The maximum Gasteiger partial charge on any atom is 0.236 e. The highest BCUT2D eigenvalue weighted by Gasteiger charge is 2.05. The van der Waals surface area contributed by atoms with Crippen molar-refractivity contribution in [2.75, 3.05) is 7.11 Å². The highest BCUT2D eigenvalue weighted by atomic mass is 16.5. The summed E-state index contributed by atoms with van der Waals surface area (Å²) in [5.74, 6) is -0.138. The first kappa shape index (κ1) is 12.7. The average Bonchev–Trinajstić information content (AvgIpc) is 2.28. The molecule has 0 heterocycles. The first-order chi connectivity index (χ1) is 7.63. The maximum absolute atomic E-state index is 11.2. The third-order valence-electron chi connectivity index (χ3n) is 2.21. The van der Waals surface area contributed by atoms with Crippen LogP contribution in [0.4, 0.5) is 0 Å². The monoisotopic (exact) mass is 222 g/mol. The molecule has 0 aliphatic heterocycles. The zero-order chi connectivity index (χ0) is 12.0. The molecule has 16 heavy (non-hydrogen) atoms. The molecule has 1 aromatic carbocycles. The van der Waals surface area contributed by atoms with Gasteiger partial charge in [0.05, 0.1) is 12.6 Å². The molecule has 0 aromatic heterocycles. The number of nitrogens with one attached hydrogen (secondary N) is 1. The standard InChI is InChI=1S/C12H18N2O2/c1-9(13)12(15)14-7-10-3-5-11(6-4-10)8-16-2/h3-6,9H,7-8,13H2,1-2H3,(H,14,15). The number of nitrogens with two attached hydrogens (primary N) is 1. The smallest absolute Gasteiger partial charge is 0.236 e. The zero-order valence-corrected chi connectivity index (χ0v) is 9.69. The summed E-state index contributed by atoms with van der Waals surface area (Å²) in [6, 6.07) is 7.44. The van der Waals surface area contributed by atoms with E-state index in [1.54, 1.807) is 14.0 Å². The van der Waals surface area contributed by atoms with Crippen LogP contribution in [0.3, 0.4) is 0 Å². The summed E-state index contributed by atoms with van der Waals surface area (Å²) in [6.45, 7) is 2.77. The van der Waals surface area contributed by atoms with Crippen molar-refractivity contribution < 1.29 is 9.53 Å². The van der Waals surface area contributed by atoms with Gasteiger partial charge >= 0.3 is 0 Å². The van der Waals surface area contributed by atoms with Crippen molar-refractivity contribution in [1.82, 2.24) is 5.32 Å². The Kier molecular flexibility index (Phi) is 4.95. The molecule has 1 amide bonds. The fourth-order valence-corrected chi connectivity index (χ4v) is 1.27. The first-order valence-electron chi connectivity index (χ1n) is 5.23. The Bertz CT molecular complexity index is 333. The molecule has 4 heteroatoms. The number of methoxy groups -OCH3 is 1. The number of benzene rings is 1. The summed E-state index contributed by atoms with van der Waals surface area (Å²) in [5, 5.41) is 2.75. The molecule has 1 unspecified atom stereocenters. The van der Waals surface area contributed by atoms with Crippen molar-refractivity contribution in [1.29, 1.82) is 0 Å². The van der Waals surface area contributed by atoms with Crippen LogP contribution in [0.25, 0.3) is 0 Å². The van der Waals surface area contributed by atoms with Crippen LogP contribution in [0.2, 0.25) is 0 Å². The van der Waals surface area contributed by atoms with Gasteiger partial charge in [-0.05, 0) is 18.1 Å². The Morgan fingerprint density at radius 2 is 1.94 bits per heavy atom. The fraction of sp³-hybridized carbons (Fsp3) is 0.417. The van der Waals surface area contributed by atoms with Gasteiger partial charge in [0.2, 0.25) is 5.91 Å². The molecule has 0 bridgehead atoms. The van der Waals surface area contributed by atoms with Crippen LogP contribution in [0, 0.1) is 0 Å². The normalized spacial score (nSPS) is 12.2. The van der Waals surface area contributed by atoms with Crippen LogP contribution < -0.4 is 11.1 Å². The highest BCUT2D eigenvalue weighted by molar-refractivity contribution is 5.80. The number of carbonyl (C=O) groups is 1. The molecule has 3 N–H and O–H groups in total. The van der Waals surface area contributed by atoms with Gasteiger partial charge in [0.15, 0.2) is 0 Å². The Morgan fingerprint density at radius 3 is 2.44 bits per heavy atom. The van der Waals surface area contributed by atoms with E-state index in [1.807, 2.05) is 24.3 Å². The lowest BCUT2D eigenvalue weighted by molar-refractivity contribution is -0.122. The summed E-state index contributed by atoms with van der Waals surface area (Å²) < 4.78 is 5.01. The van der Waals surface area contributed by atoms with Crippen molar-refractivity contribution in [2.45, 2.75) is 26.1 Å². The third kappa shape index (κ3) is 4.00. The molecular weight excluding hydrogens is 204 g/mol. The van der Waals surface area contributed by atoms with E-state index in [9.17, 15) is 4.79 Å². The van der Waals surface area contributed by atoms with Crippen LogP contribution >= 0.6 is 0 Å². The van der Waals surface area contributed by atoms with Gasteiger partial charge in [-0.2, -0.15) is 0 Å². The van der Waals surface area contributed by atoms with Gasteiger partial charge in [0, 0.05) is 13.7 Å². The van der Waals surface area contributed by atoms with Gasteiger partial charge in [0.1, 0.15) is 0 Å². The molecule has 1 atom stereocenters. The van der Waals surface area contributed by atoms with Gasteiger partial charge in [0.25, 0.3) is 0 Å². The predicted molar refractivity (Wildman–Crippen MR) is 62.7 cm³/mol. The van der Waals surface area contributed by atoms with E-state index in [2.05, 4.69) is 5.32 Å². The molecule has 1 aromatic rings. The fourth-order valence-electron chi connectivity index (χ4n) is 1.27. The van der Waals surface area contributed by atoms with Crippen LogP contribution in [0.15, 0.2) is 24.3 Å². The van der Waals surface area contributed by atoms with E-state index in [0.717, 1.165) is 11.1 Å². The van der Waals surface area contributed by atoms with Crippen LogP contribution in [0.1, 0.15) is 18.1 Å². The van der Waals surface area contributed by atoms with Crippen molar-refractivity contribution in [3.05, 3.63) is 35.4 Å². The second-order valence-electron chi connectivity index (χ2n) is 3.76. The van der Waals surface area contributed by atoms with Gasteiger partial charge in [-0.3, -0.25) is 4.79 Å². The SMILES string of the molecule is COCc1ccc(CNC(=O)C(C)N)cc1. The van der Waals surface area contributed by atoms with E-state index >= 15 is 0 Å². The van der Waals surface area contributed by atoms with Gasteiger partial charge < -0.3 is 15.8 Å². The Morgan fingerprint density at radius 1 is 1.38 bits per heavy atom. The summed E-state index contributed by atoms with van der Waals surface area (Å²) in [7, 11) is 1.66. The van der Waals surface area contributed by atoms with Crippen molar-refractivity contribution in [2.24, 2.45) is 5.73 Å². The van der Waals surface area contributed by atoms with Crippen molar-refractivity contribution in [3.8, 4) is 0 Å². The number of rotatable bonds is 5. The van der Waals surface area contributed by atoms with Crippen LogP contribution in [0.5, 0.6) is 0 Å². The Balaban J connectivity index is 2.46. The molecule has 0 radical (unpaired) electrons.